The zero-order chi connectivity index (χ0) is 101. The van der Waals surface area contributed by atoms with Crippen molar-refractivity contribution in [2.24, 2.45) is 5.92 Å². The second-order valence-electron chi connectivity index (χ2n) is 37.5. The van der Waals surface area contributed by atoms with Crippen LogP contribution in [0.2, 0.25) is 0 Å². The molecule has 20 bridgehead atoms. The fourth-order valence-corrected chi connectivity index (χ4v) is 18.4. The van der Waals surface area contributed by atoms with Crippen molar-refractivity contribution in [2.75, 3.05) is 231 Å². The molecule has 6 N–H and O–H groups in total. The maximum absolute atomic E-state index is 13.1. The van der Waals surface area contributed by atoms with Gasteiger partial charge in [0.05, 0.1) is 75.9 Å². The van der Waals surface area contributed by atoms with Crippen LogP contribution in [0, 0.1) is 17.2 Å². The van der Waals surface area contributed by atoms with E-state index in [4.69, 9.17) is 43.6 Å². The van der Waals surface area contributed by atoms with Gasteiger partial charge in [0.2, 0.25) is 29.5 Å². The minimum Gasteiger partial charge on any atom is -0.494 e. The van der Waals surface area contributed by atoms with E-state index in [-0.39, 0.29) is 35.5 Å². The minimum absolute atomic E-state index is 0.0691. The molecule has 0 atom stereocenters. The number of rotatable bonds is 9. The number of carbonyl (C=O) groups excluding carboxylic acids is 5. The molecular weight excluding hydrogens is 1870 g/mol. The number of piperazine rings is 1. The summed E-state index contributed by atoms with van der Waals surface area (Å²) in [6.45, 7) is 18.6. The number of likely N-dealkylation sites (N-methyl/N-ethyl adjacent to an activating group) is 1. The lowest BCUT2D eigenvalue weighted by Gasteiger charge is -2.33. The summed E-state index contributed by atoms with van der Waals surface area (Å²) < 4.78 is 38.5. The molecule has 147 heavy (non-hydrogen) atoms. The second-order valence-corrected chi connectivity index (χ2v) is 37.5. The first kappa shape index (κ1) is 99.6. The van der Waals surface area contributed by atoms with Crippen LogP contribution in [-0.4, -0.2) is 346 Å². The number of hydrogen-bond donors (Lipinski definition) is 6. The predicted molar refractivity (Wildman–Crippen MR) is 560 cm³/mol. The molecule has 0 spiro atoms. The number of likely N-dealkylation sites (tertiary alicyclic amines) is 1. The lowest BCUT2D eigenvalue weighted by atomic mass is 10.1. The number of nitrogens with one attached hydrogen (secondary N) is 6. The number of nitriles is 1. The first-order valence-electron chi connectivity index (χ1n) is 50.7. The zero-order valence-electron chi connectivity index (χ0n) is 83.2. The number of amides is 5. The van der Waals surface area contributed by atoms with E-state index in [2.05, 4.69) is 90.2 Å². The summed E-state index contributed by atoms with van der Waals surface area (Å²) in [4.78, 5) is 103. The molecule has 2 saturated heterocycles. The molecule has 5 amide bonds. The quantitative estimate of drug-likeness (QED) is 0.0782. The van der Waals surface area contributed by atoms with Crippen molar-refractivity contribution in [1.82, 2.24) is 118 Å². The first-order valence-corrected chi connectivity index (χ1v) is 50.7. The molecule has 7 aliphatic heterocycles. The third-order valence-corrected chi connectivity index (χ3v) is 26.8. The number of aromatic nitrogens is 15. The SMILES string of the molecule is CN(C)CCC(=O)N1CCNc2ccn3ncc(c3n2)-c2cccc(c2)OCC1.CN1CCN(CC(=O)N2CCNc3ccn4ncc(c4n3)-c3cccc(c3)OCC2)CC1.N#Cc1ccc2cc1OCCN(C(=O)C1CC1)CCNc1ccn3ncc-2c3n1.O=C(CCN1CCCC1)N1CCNc2ccn3ncc(c3n2)-c2cccc(c2)OCC1.O=C1CCCNc2ccn3ncc(c3n2)-c2cccc(c2)OCCCN1. The van der Waals surface area contributed by atoms with Crippen LogP contribution in [0.3, 0.4) is 0 Å². The maximum atomic E-state index is 13.1. The van der Waals surface area contributed by atoms with Crippen molar-refractivity contribution in [3.8, 4) is 90.5 Å². The fourth-order valence-electron chi connectivity index (χ4n) is 18.4. The van der Waals surface area contributed by atoms with Gasteiger partial charge in [-0.05, 0) is 192 Å². The van der Waals surface area contributed by atoms with E-state index in [0.717, 1.165) is 208 Å². The Morgan fingerprint density at radius 2 is 0.755 bits per heavy atom. The Kier molecular flexibility index (Phi) is 32.6. The van der Waals surface area contributed by atoms with Crippen LogP contribution >= 0.6 is 0 Å². The molecule has 40 heteroatoms. The largest absolute Gasteiger partial charge is 0.494 e. The van der Waals surface area contributed by atoms with E-state index in [1.807, 2.05) is 234 Å². The van der Waals surface area contributed by atoms with E-state index < -0.39 is 0 Å². The predicted octanol–water partition coefficient (Wildman–Crippen LogP) is 10.6. The summed E-state index contributed by atoms with van der Waals surface area (Å²) in [6.07, 6.45) is 26.0. The van der Waals surface area contributed by atoms with E-state index in [1.165, 1.54) is 12.8 Å². The van der Waals surface area contributed by atoms with Gasteiger partial charge in [-0.3, -0.25) is 28.9 Å². The Bertz CT molecular complexity index is 7140. The monoisotopic (exact) mass is 1990 g/mol. The molecule has 0 unspecified atom stereocenters. The smallest absolute Gasteiger partial charge is 0.236 e. The van der Waals surface area contributed by atoms with Crippen LogP contribution in [0.4, 0.5) is 29.1 Å². The highest BCUT2D eigenvalue weighted by molar-refractivity contribution is 5.85. The molecule has 5 aromatic carbocycles. The Labute approximate surface area is 851 Å². The van der Waals surface area contributed by atoms with Gasteiger partial charge in [-0.1, -0.05) is 54.6 Å². The van der Waals surface area contributed by atoms with Crippen molar-refractivity contribution in [2.45, 2.75) is 57.8 Å². The summed E-state index contributed by atoms with van der Waals surface area (Å²) in [5.74, 6) is 8.32. The number of benzene rings is 5. The standard InChI is InChI=1S/C23H29N7O2.C23H28N6O2.C21H20N6O2.C21H26N6O2.C19H21N5O2/c1-27-9-11-28(12-10-27)17-22(31)29-8-6-24-21-5-7-30-23(26-21)20(16-25-30)18-3-2-4-19(15-18)32-14-13-29;30-22(7-11-27-9-1-2-10-27)28-13-8-24-21-6-12-29-23(26-21)20(17-25-29)18-4-3-5-19(16-18)31-15-14-28;22-12-16-4-3-15-11-18(16)29-10-9-26(21(28)14-1-2-14)8-6-23-19-5-7-27-20(25-19)17(15)13-24-27;1-25(2)9-7-20(28)26-11-8-22-19-6-10-27-21(24-19)18(15-23-27)16-4-3-5-17(14-16)29-13-12-26;25-18-6-2-8-20-17-7-10-24-19(23-17)16(13-22-24)14-4-1-5-15(12-14)26-11-3-9-21-18/h2-5,7,15-16H,6,8-14,17H2,1H3,(H,24,26);3-6,12,16-17H,1-2,7-11,13-15H2,(H,24,26);3-5,7,11,13-14H,1-2,6,8-10H2,(H,23,25);3-6,10,14-15H,7-9,11-13H2,1-2H3,(H,22,24);1,4-5,7,10,12-13H,2-3,6,8-9,11H2,(H,20,23)(H,21,25). The Balaban J connectivity index is 0.000000116. The van der Waals surface area contributed by atoms with Crippen molar-refractivity contribution in [3.05, 3.63) is 213 Å². The summed E-state index contributed by atoms with van der Waals surface area (Å²) in [5.41, 5.74) is 13.9. The van der Waals surface area contributed by atoms with Gasteiger partial charge in [-0.25, -0.2) is 47.5 Å². The number of fused-ring (bicyclic) bond motifs is 20. The first-order chi connectivity index (χ1) is 72.0. The fraction of sp³-hybridized carbons (Fsp3) is 0.383. The van der Waals surface area contributed by atoms with Crippen LogP contribution in [0.5, 0.6) is 28.7 Å². The third kappa shape index (κ3) is 26.0. The van der Waals surface area contributed by atoms with Gasteiger partial charge < -0.3 is 89.9 Å². The van der Waals surface area contributed by atoms with Gasteiger partial charge in [-0.2, -0.15) is 30.8 Å². The highest BCUT2D eigenvalue weighted by Crippen LogP contribution is 2.37. The normalized spacial score (nSPS) is 16.6. The zero-order valence-corrected chi connectivity index (χ0v) is 83.2. The van der Waals surface area contributed by atoms with Crippen molar-refractivity contribution in [3.63, 3.8) is 0 Å². The van der Waals surface area contributed by atoms with Gasteiger partial charge in [0.1, 0.15) is 90.3 Å². The molecule has 10 aromatic heterocycles. The van der Waals surface area contributed by atoms with Crippen molar-refractivity contribution < 1.29 is 47.7 Å². The average molecular weight is 1990 g/mol. The number of anilines is 5. The van der Waals surface area contributed by atoms with Gasteiger partial charge in [0.25, 0.3) is 0 Å². The van der Waals surface area contributed by atoms with Crippen LogP contribution in [0.15, 0.2) is 208 Å². The summed E-state index contributed by atoms with van der Waals surface area (Å²) in [5, 5.41) is 51.0. The highest BCUT2D eigenvalue weighted by atomic mass is 16.5. The molecule has 40 nitrogen and oxygen atoms in total. The molecular formula is C107H124N30O10. The molecule has 23 rings (SSSR count). The molecule has 17 heterocycles. The Morgan fingerprint density at radius 3 is 1.17 bits per heavy atom. The van der Waals surface area contributed by atoms with E-state index in [1.54, 1.807) is 34.8 Å². The molecule has 3 fully saturated rings. The second kappa shape index (κ2) is 48.1. The Hall–Kier alpha value is -16.1. The minimum atomic E-state index is 0.0691. The number of hydrogen-bond acceptors (Lipinski definition) is 30. The molecule has 0 radical (unpaired) electrons. The molecule has 8 aliphatic rings. The van der Waals surface area contributed by atoms with Crippen LogP contribution < -0.4 is 55.6 Å². The van der Waals surface area contributed by atoms with E-state index >= 15 is 0 Å². The van der Waals surface area contributed by atoms with Gasteiger partial charge >= 0.3 is 0 Å². The summed E-state index contributed by atoms with van der Waals surface area (Å²) in [6, 6.07) is 48.8. The average Bonchev–Trinajstić information content (AvgIpc) is 1.67. The van der Waals surface area contributed by atoms with E-state index in [9.17, 15) is 29.2 Å². The highest BCUT2D eigenvalue weighted by Gasteiger charge is 2.34. The third-order valence-electron chi connectivity index (χ3n) is 26.8. The number of nitrogens with zero attached hydrogens (tertiary/aromatic N) is 24. The van der Waals surface area contributed by atoms with Gasteiger partial charge in [0.15, 0.2) is 28.2 Å². The lowest BCUT2D eigenvalue weighted by molar-refractivity contribution is -0.133. The van der Waals surface area contributed by atoms with Gasteiger partial charge in [-0.15, -0.1) is 0 Å². The topological polar surface area (TPSA) is 404 Å². The van der Waals surface area contributed by atoms with Crippen LogP contribution in [0.25, 0.3) is 83.9 Å². The van der Waals surface area contributed by atoms with Crippen molar-refractivity contribution >= 4 is 86.9 Å². The number of carbonyl (C=O) groups is 5. The summed E-state index contributed by atoms with van der Waals surface area (Å²) in [7, 11) is 6.07. The van der Waals surface area contributed by atoms with Crippen LogP contribution in [0.1, 0.15) is 63.4 Å². The van der Waals surface area contributed by atoms with Crippen molar-refractivity contribution in [1.29, 1.82) is 5.26 Å². The Morgan fingerprint density at radius 1 is 0.381 bits per heavy atom. The van der Waals surface area contributed by atoms with Crippen LogP contribution in [-0.2, 0) is 24.0 Å². The summed E-state index contributed by atoms with van der Waals surface area (Å²) >= 11 is 0. The molecule has 1 saturated carbocycles. The molecule has 15 aromatic rings. The van der Waals surface area contributed by atoms with E-state index in [0.29, 0.717) is 167 Å². The molecule has 1 aliphatic carbocycles. The molecule has 762 valence electrons. The van der Waals surface area contributed by atoms with Gasteiger partial charge in [0, 0.05) is 189 Å². The lowest BCUT2D eigenvalue weighted by Crippen LogP contribution is -2.50. The number of ether oxygens (including phenoxy) is 5. The maximum Gasteiger partial charge on any atom is 0.236 e.